The van der Waals surface area contributed by atoms with Crippen molar-refractivity contribution in [2.75, 3.05) is 6.61 Å². The van der Waals surface area contributed by atoms with E-state index >= 15 is 0 Å². The molecular formula is C6H13NO5. The normalized spacial score (nSPS) is 43.5. The van der Waals surface area contributed by atoms with Gasteiger partial charge in [0.05, 0.1) is 18.8 Å². The molecule has 0 aliphatic carbocycles. The van der Waals surface area contributed by atoms with Crippen molar-refractivity contribution in [3.63, 3.8) is 0 Å². The lowest BCUT2D eigenvalue weighted by molar-refractivity contribution is -0.225. The van der Waals surface area contributed by atoms with Crippen LogP contribution < -0.4 is 5.73 Å². The van der Waals surface area contributed by atoms with Gasteiger partial charge in [-0.3, -0.25) is 0 Å². The number of hydrogen-bond donors (Lipinski definition) is 5. The van der Waals surface area contributed by atoms with Gasteiger partial charge in [0.15, 0.2) is 6.29 Å². The maximum Gasteiger partial charge on any atom is 0.181 e. The van der Waals surface area contributed by atoms with Gasteiger partial charge in [0.2, 0.25) is 0 Å². The predicted octanol–water partition coefficient (Wildman–Crippen LogP) is -3.25. The van der Waals surface area contributed by atoms with Crippen LogP contribution >= 0.6 is 0 Å². The zero-order valence-electron chi connectivity index (χ0n) is 6.37. The Balaban J connectivity index is 2.58. The summed E-state index contributed by atoms with van der Waals surface area (Å²) in [6.07, 6.45) is -5.51. The monoisotopic (exact) mass is 179 g/mol. The van der Waals surface area contributed by atoms with Gasteiger partial charge in [0.25, 0.3) is 0 Å². The Labute approximate surface area is 69.2 Å². The third-order valence-electron chi connectivity index (χ3n) is 1.90. The van der Waals surface area contributed by atoms with Crippen LogP contribution in [-0.2, 0) is 4.74 Å². The molecule has 0 saturated carbocycles. The lowest BCUT2D eigenvalue weighted by Crippen LogP contribution is -2.59. The molecule has 0 aromatic rings. The highest BCUT2D eigenvalue weighted by Gasteiger charge is 2.39. The molecule has 0 aromatic heterocycles. The van der Waals surface area contributed by atoms with Gasteiger partial charge in [-0.05, 0) is 0 Å². The molecule has 6 nitrogen and oxygen atoms in total. The fourth-order valence-corrected chi connectivity index (χ4v) is 1.13. The van der Waals surface area contributed by atoms with E-state index in [2.05, 4.69) is 0 Å². The fourth-order valence-electron chi connectivity index (χ4n) is 1.13. The minimum atomic E-state index is -1.80. The first kappa shape index (κ1) is 9.85. The van der Waals surface area contributed by atoms with Crippen molar-refractivity contribution in [2.45, 2.75) is 30.6 Å². The van der Waals surface area contributed by atoms with Crippen molar-refractivity contribution < 1.29 is 25.2 Å². The fraction of sp³-hybridized carbons (Fsp3) is 1.00. The average Bonchev–Trinajstić information content (AvgIpc) is 2.00. The van der Waals surface area contributed by atoms with Gasteiger partial charge >= 0.3 is 0 Å². The Morgan fingerprint density at radius 2 is 1.83 bits per heavy atom. The number of ether oxygens (including phenoxy) is 1. The number of nitrogens with two attached hydrogens (primary N) is 1. The van der Waals surface area contributed by atoms with E-state index in [-0.39, 0.29) is 6.61 Å². The lowest BCUT2D eigenvalue weighted by atomic mass is 9.98. The second-order valence-electron chi connectivity index (χ2n) is 2.86. The van der Waals surface area contributed by atoms with Crippen LogP contribution in [0, 0.1) is 0 Å². The summed E-state index contributed by atoms with van der Waals surface area (Å²) >= 11 is 0. The summed E-state index contributed by atoms with van der Waals surface area (Å²) in [5.74, 6) is 0. The molecule has 12 heavy (non-hydrogen) atoms. The van der Waals surface area contributed by atoms with Crippen molar-refractivity contribution >= 4 is 0 Å². The minimum absolute atomic E-state index is 0.000509. The summed E-state index contributed by atoms with van der Waals surface area (Å²) in [4.78, 5) is 0. The zero-order chi connectivity index (χ0) is 9.30. The zero-order valence-corrected chi connectivity index (χ0v) is 6.37. The van der Waals surface area contributed by atoms with Crippen LogP contribution in [0.1, 0.15) is 0 Å². The van der Waals surface area contributed by atoms with Crippen LogP contribution in [-0.4, -0.2) is 57.7 Å². The molecule has 6 heteroatoms. The Morgan fingerprint density at radius 3 is 2.33 bits per heavy atom. The van der Waals surface area contributed by atoms with Crippen LogP contribution in [0.2, 0.25) is 0 Å². The third kappa shape index (κ3) is 1.74. The Bertz CT molecular complexity index is 153. The second kappa shape index (κ2) is 3.65. The van der Waals surface area contributed by atoms with Crippen molar-refractivity contribution in [2.24, 2.45) is 5.73 Å². The highest BCUT2D eigenvalue weighted by molar-refractivity contribution is 4.89. The first-order chi connectivity index (χ1) is 5.54. The quantitative estimate of drug-likeness (QED) is 0.270. The summed E-state index contributed by atoms with van der Waals surface area (Å²) in [6, 6.07) is -0.685. The highest BCUT2D eigenvalue weighted by Crippen LogP contribution is 2.15. The molecule has 1 aliphatic heterocycles. The molecule has 72 valence electrons. The smallest absolute Gasteiger partial charge is 0.181 e. The van der Waals surface area contributed by atoms with Crippen LogP contribution in [0.4, 0.5) is 0 Å². The lowest BCUT2D eigenvalue weighted by Gasteiger charge is -2.36. The molecular weight excluding hydrogens is 166 g/mol. The van der Waals surface area contributed by atoms with Crippen molar-refractivity contribution in [3.8, 4) is 0 Å². The summed E-state index contributed by atoms with van der Waals surface area (Å²) < 4.78 is 4.80. The molecule has 1 heterocycles. The largest absolute Gasteiger partial charge is 0.389 e. The maximum atomic E-state index is 9.20. The number of hydrogen-bond acceptors (Lipinski definition) is 6. The Hall–Kier alpha value is -0.240. The molecule has 0 radical (unpaired) electrons. The van der Waals surface area contributed by atoms with Crippen molar-refractivity contribution in [3.05, 3.63) is 0 Å². The van der Waals surface area contributed by atoms with Gasteiger partial charge in [-0.15, -0.1) is 0 Å². The van der Waals surface area contributed by atoms with Crippen molar-refractivity contribution in [1.29, 1.82) is 0 Å². The first-order valence-corrected chi connectivity index (χ1v) is 3.63. The van der Waals surface area contributed by atoms with Crippen LogP contribution in [0.15, 0.2) is 0 Å². The molecule has 0 amide bonds. The summed E-state index contributed by atoms with van der Waals surface area (Å²) in [7, 11) is 0. The SMILES string of the molecule is N[C@H]1CO[C@H](C(O)O)[C@@H](O)[C@@H]1O. The van der Waals surface area contributed by atoms with E-state index in [1.165, 1.54) is 0 Å². The van der Waals surface area contributed by atoms with Crippen molar-refractivity contribution in [1.82, 2.24) is 0 Å². The topological polar surface area (TPSA) is 116 Å². The van der Waals surface area contributed by atoms with E-state index in [0.29, 0.717) is 0 Å². The molecule has 6 N–H and O–H groups in total. The summed E-state index contributed by atoms with van der Waals surface area (Å²) in [5.41, 5.74) is 5.33. The molecule has 0 aromatic carbocycles. The van der Waals surface area contributed by atoms with Gasteiger partial charge in [-0.25, -0.2) is 0 Å². The average molecular weight is 179 g/mol. The third-order valence-corrected chi connectivity index (χ3v) is 1.90. The number of aliphatic hydroxyl groups is 4. The molecule has 1 rings (SSSR count). The summed E-state index contributed by atoms with van der Waals surface area (Å²) in [5, 5.41) is 35.7. The molecule has 1 aliphatic rings. The Kier molecular flexibility index (Phi) is 2.99. The van der Waals surface area contributed by atoms with E-state index in [4.69, 9.17) is 20.7 Å². The number of rotatable bonds is 1. The predicted molar refractivity (Wildman–Crippen MR) is 38.0 cm³/mol. The van der Waals surface area contributed by atoms with Gasteiger partial charge < -0.3 is 30.9 Å². The van der Waals surface area contributed by atoms with Crippen LogP contribution in [0.25, 0.3) is 0 Å². The van der Waals surface area contributed by atoms with Gasteiger partial charge in [-0.2, -0.15) is 0 Å². The van der Waals surface area contributed by atoms with Gasteiger partial charge in [0, 0.05) is 0 Å². The molecule has 1 saturated heterocycles. The van der Waals surface area contributed by atoms with Crippen LogP contribution in [0.3, 0.4) is 0 Å². The van der Waals surface area contributed by atoms with Gasteiger partial charge in [0.1, 0.15) is 12.2 Å². The minimum Gasteiger partial charge on any atom is -0.389 e. The molecule has 0 unspecified atom stereocenters. The van der Waals surface area contributed by atoms with E-state index in [9.17, 15) is 10.2 Å². The molecule has 0 bridgehead atoms. The van der Waals surface area contributed by atoms with Crippen LogP contribution in [0.5, 0.6) is 0 Å². The standard InChI is InChI=1S/C6H13NO5/c7-2-1-12-5(6(10)11)4(9)3(2)8/h2-6,8-11H,1,7H2/t2-,3+,4-,5-/m0/s1. The highest BCUT2D eigenvalue weighted by atomic mass is 16.6. The number of aliphatic hydroxyl groups excluding tert-OH is 3. The first-order valence-electron chi connectivity index (χ1n) is 3.63. The van der Waals surface area contributed by atoms with E-state index in [0.717, 1.165) is 0 Å². The van der Waals surface area contributed by atoms with E-state index in [1.807, 2.05) is 0 Å². The Morgan fingerprint density at radius 1 is 1.25 bits per heavy atom. The van der Waals surface area contributed by atoms with Gasteiger partial charge in [-0.1, -0.05) is 0 Å². The van der Waals surface area contributed by atoms with E-state index in [1.54, 1.807) is 0 Å². The van der Waals surface area contributed by atoms with E-state index < -0.39 is 30.6 Å². The molecule has 0 spiro atoms. The molecule has 1 fully saturated rings. The molecule has 4 atom stereocenters. The second-order valence-corrected chi connectivity index (χ2v) is 2.86. The summed E-state index contributed by atoms with van der Waals surface area (Å²) in [6.45, 7) is 0.000509. The maximum absolute atomic E-state index is 9.20.